The standard InChI is InChI=1S/C10H15ClO4/c1-3-9(7-4-5-14-6-7)10(11,15-9)8(12)13-2/h7H,3-6H2,1-2H3. The quantitative estimate of drug-likeness (QED) is 0.420. The van der Waals surface area contributed by atoms with Gasteiger partial charge in [0.2, 0.25) is 0 Å². The van der Waals surface area contributed by atoms with E-state index in [4.69, 9.17) is 21.1 Å². The molecule has 2 aliphatic rings. The summed E-state index contributed by atoms with van der Waals surface area (Å²) in [5.74, 6) is -0.308. The van der Waals surface area contributed by atoms with Crippen LogP contribution in [0.4, 0.5) is 0 Å². The Kier molecular flexibility index (Phi) is 2.69. The van der Waals surface area contributed by atoms with E-state index in [2.05, 4.69) is 4.74 Å². The molecule has 4 nitrogen and oxygen atoms in total. The minimum atomic E-state index is -1.28. The normalized spacial score (nSPS) is 44.1. The van der Waals surface area contributed by atoms with Gasteiger partial charge in [-0.2, -0.15) is 0 Å². The Balaban J connectivity index is 2.16. The minimum Gasteiger partial charge on any atom is -0.466 e. The number of ether oxygens (including phenoxy) is 3. The molecular weight excluding hydrogens is 220 g/mol. The Bertz CT molecular complexity index is 277. The number of methoxy groups -OCH3 is 1. The summed E-state index contributed by atoms with van der Waals surface area (Å²) < 4.78 is 15.4. The summed E-state index contributed by atoms with van der Waals surface area (Å²) in [5.41, 5.74) is -0.585. The Hall–Kier alpha value is -0.320. The van der Waals surface area contributed by atoms with Gasteiger partial charge < -0.3 is 14.2 Å². The van der Waals surface area contributed by atoms with E-state index in [1.165, 1.54) is 7.11 Å². The van der Waals surface area contributed by atoms with Crippen LogP contribution < -0.4 is 0 Å². The molecule has 0 saturated carbocycles. The second kappa shape index (κ2) is 3.61. The van der Waals surface area contributed by atoms with E-state index in [1.807, 2.05) is 6.92 Å². The van der Waals surface area contributed by atoms with Crippen molar-refractivity contribution in [2.45, 2.75) is 30.4 Å². The molecule has 0 bridgehead atoms. The first-order valence-corrected chi connectivity index (χ1v) is 5.53. The molecule has 0 aromatic heterocycles. The molecule has 3 atom stereocenters. The molecule has 86 valence electrons. The molecule has 2 fully saturated rings. The molecule has 2 saturated heterocycles. The van der Waals surface area contributed by atoms with Crippen LogP contribution in [0.1, 0.15) is 19.8 Å². The smallest absolute Gasteiger partial charge is 0.357 e. The number of alkyl halides is 1. The Labute approximate surface area is 93.8 Å². The lowest BCUT2D eigenvalue weighted by molar-refractivity contribution is -0.143. The van der Waals surface area contributed by atoms with Crippen molar-refractivity contribution in [2.75, 3.05) is 20.3 Å². The SMILES string of the molecule is CCC1(C2CCOC2)OC1(Cl)C(=O)OC. The van der Waals surface area contributed by atoms with Gasteiger partial charge >= 0.3 is 5.97 Å². The Morgan fingerprint density at radius 1 is 1.67 bits per heavy atom. The molecular formula is C10H15ClO4. The zero-order chi connectivity index (χ0) is 11.1. The van der Waals surface area contributed by atoms with Gasteiger partial charge in [0.1, 0.15) is 5.60 Å². The van der Waals surface area contributed by atoms with Crippen molar-refractivity contribution in [3.05, 3.63) is 0 Å². The van der Waals surface area contributed by atoms with Gasteiger partial charge in [0, 0.05) is 12.5 Å². The van der Waals surface area contributed by atoms with Crippen molar-refractivity contribution in [1.82, 2.24) is 0 Å². The average Bonchev–Trinajstić information content (AvgIpc) is 2.69. The van der Waals surface area contributed by atoms with E-state index in [1.54, 1.807) is 0 Å². The molecule has 0 N–H and O–H groups in total. The maximum absolute atomic E-state index is 11.5. The fourth-order valence-electron chi connectivity index (χ4n) is 2.41. The maximum atomic E-state index is 11.5. The first-order chi connectivity index (χ1) is 7.10. The predicted molar refractivity (Wildman–Crippen MR) is 53.6 cm³/mol. The van der Waals surface area contributed by atoms with E-state index in [0.29, 0.717) is 19.6 Å². The third-order valence-electron chi connectivity index (χ3n) is 3.39. The lowest BCUT2D eigenvalue weighted by Crippen LogP contribution is -2.36. The highest BCUT2D eigenvalue weighted by molar-refractivity contribution is 6.36. The van der Waals surface area contributed by atoms with Gasteiger partial charge in [-0.05, 0) is 12.8 Å². The number of epoxide rings is 1. The lowest BCUT2D eigenvalue weighted by Gasteiger charge is -2.18. The van der Waals surface area contributed by atoms with Crippen molar-refractivity contribution in [1.29, 1.82) is 0 Å². The van der Waals surface area contributed by atoms with Crippen LogP contribution in [0.2, 0.25) is 0 Å². The topological polar surface area (TPSA) is 48.1 Å². The van der Waals surface area contributed by atoms with Crippen molar-refractivity contribution < 1.29 is 19.0 Å². The third-order valence-corrected chi connectivity index (χ3v) is 3.94. The molecule has 0 amide bonds. The van der Waals surface area contributed by atoms with Gasteiger partial charge in [0.25, 0.3) is 5.06 Å². The van der Waals surface area contributed by atoms with Crippen molar-refractivity contribution in [3.8, 4) is 0 Å². The van der Waals surface area contributed by atoms with E-state index < -0.39 is 16.6 Å². The third kappa shape index (κ3) is 1.39. The monoisotopic (exact) mass is 234 g/mol. The highest BCUT2D eigenvalue weighted by Gasteiger charge is 2.77. The number of halogens is 1. The summed E-state index contributed by atoms with van der Waals surface area (Å²) in [6.45, 7) is 3.29. The zero-order valence-corrected chi connectivity index (χ0v) is 9.67. The average molecular weight is 235 g/mol. The van der Waals surface area contributed by atoms with Gasteiger partial charge in [0.15, 0.2) is 0 Å². The molecule has 2 heterocycles. The van der Waals surface area contributed by atoms with Crippen molar-refractivity contribution in [3.63, 3.8) is 0 Å². The number of carbonyl (C=O) groups excluding carboxylic acids is 1. The molecule has 3 unspecified atom stereocenters. The van der Waals surface area contributed by atoms with Gasteiger partial charge in [-0.3, -0.25) is 0 Å². The van der Waals surface area contributed by atoms with Crippen LogP contribution in [0, 0.1) is 5.92 Å². The molecule has 0 aromatic carbocycles. The summed E-state index contributed by atoms with van der Waals surface area (Å²) in [6, 6.07) is 0. The van der Waals surface area contributed by atoms with Gasteiger partial charge in [-0.25, -0.2) is 4.79 Å². The van der Waals surface area contributed by atoms with E-state index in [0.717, 1.165) is 6.42 Å². The molecule has 0 spiro atoms. The minimum absolute atomic E-state index is 0.194. The summed E-state index contributed by atoms with van der Waals surface area (Å²) >= 11 is 6.15. The van der Waals surface area contributed by atoms with Crippen LogP contribution in [-0.4, -0.2) is 37.0 Å². The van der Waals surface area contributed by atoms with Gasteiger partial charge in [-0.15, -0.1) is 0 Å². The summed E-state index contributed by atoms with van der Waals surface area (Å²) in [5, 5.41) is -1.28. The second-order valence-electron chi connectivity index (χ2n) is 3.99. The van der Waals surface area contributed by atoms with Crippen LogP contribution in [0.5, 0.6) is 0 Å². The fourth-order valence-corrected chi connectivity index (χ4v) is 2.91. The summed E-state index contributed by atoms with van der Waals surface area (Å²) in [7, 11) is 1.32. The lowest BCUT2D eigenvalue weighted by atomic mass is 9.86. The predicted octanol–water partition coefficient (Wildman–Crippen LogP) is 1.31. The number of rotatable bonds is 3. The largest absolute Gasteiger partial charge is 0.466 e. The summed E-state index contributed by atoms with van der Waals surface area (Å²) in [4.78, 5) is 11.5. The van der Waals surface area contributed by atoms with Gasteiger partial charge in [-0.1, -0.05) is 18.5 Å². The Morgan fingerprint density at radius 3 is 2.87 bits per heavy atom. The molecule has 5 heteroatoms. The highest BCUT2D eigenvalue weighted by atomic mass is 35.5. The van der Waals surface area contributed by atoms with Crippen molar-refractivity contribution in [2.24, 2.45) is 5.92 Å². The molecule has 0 aliphatic carbocycles. The van der Waals surface area contributed by atoms with Crippen LogP contribution in [0.3, 0.4) is 0 Å². The first-order valence-electron chi connectivity index (χ1n) is 5.16. The number of hydrogen-bond acceptors (Lipinski definition) is 4. The maximum Gasteiger partial charge on any atom is 0.357 e. The fraction of sp³-hybridized carbons (Fsp3) is 0.900. The van der Waals surface area contributed by atoms with E-state index in [-0.39, 0.29) is 5.92 Å². The van der Waals surface area contributed by atoms with E-state index >= 15 is 0 Å². The molecule has 0 radical (unpaired) electrons. The van der Waals surface area contributed by atoms with Crippen LogP contribution in [0.25, 0.3) is 0 Å². The number of carbonyl (C=O) groups is 1. The van der Waals surface area contributed by atoms with E-state index in [9.17, 15) is 4.79 Å². The second-order valence-corrected chi connectivity index (χ2v) is 4.52. The summed E-state index contributed by atoms with van der Waals surface area (Å²) in [6.07, 6.45) is 1.58. The molecule has 0 aromatic rings. The van der Waals surface area contributed by atoms with Crippen molar-refractivity contribution >= 4 is 17.6 Å². The molecule has 2 aliphatic heterocycles. The zero-order valence-electron chi connectivity index (χ0n) is 8.92. The van der Waals surface area contributed by atoms with Crippen LogP contribution >= 0.6 is 11.6 Å². The highest BCUT2D eigenvalue weighted by Crippen LogP contribution is 2.60. The Morgan fingerprint density at radius 2 is 2.40 bits per heavy atom. The van der Waals surface area contributed by atoms with Crippen LogP contribution in [0.15, 0.2) is 0 Å². The number of hydrogen-bond donors (Lipinski definition) is 0. The number of esters is 1. The molecule has 2 rings (SSSR count). The van der Waals surface area contributed by atoms with Crippen LogP contribution in [-0.2, 0) is 19.0 Å². The van der Waals surface area contributed by atoms with Gasteiger partial charge in [0.05, 0.1) is 13.7 Å². The first kappa shape index (κ1) is 11.2. The molecule has 15 heavy (non-hydrogen) atoms.